The van der Waals surface area contributed by atoms with E-state index in [1.54, 1.807) is 12.1 Å². The summed E-state index contributed by atoms with van der Waals surface area (Å²) in [6, 6.07) is 15.1. The molecule has 1 aliphatic rings. The third-order valence-corrected chi connectivity index (χ3v) is 4.00. The Hall–Kier alpha value is -2.53. The summed E-state index contributed by atoms with van der Waals surface area (Å²) in [6.07, 6.45) is -0.206. The van der Waals surface area contributed by atoms with E-state index >= 15 is 0 Å². The molecule has 1 aliphatic heterocycles. The average molecular weight is 344 g/mol. The Labute approximate surface area is 145 Å². The van der Waals surface area contributed by atoms with Gasteiger partial charge in [-0.05, 0) is 23.8 Å². The van der Waals surface area contributed by atoms with Crippen molar-refractivity contribution in [3.05, 3.63) is 59.1 Å². The van der Waals surface area contributed by atoms with Gasteiger partial charge in [0.1, 0.15) is 0 Å². The molecule has 0 aliphatic carbocycles. The number of anilines is 2. The summed E-state index contributed by atoms with van der Waals surface area (Å²) in [5.74, 6) is -0.241. The number of nitrogens with one attached hydrogen (secondary N) is 1. The van der Waals surface area contributed by atoms with Gasteiger partial charge in [0, 0.05) is 25.5 Å². The molecule has 1 atom stereocenters. The minimum absolute atomic E-state index is 0.241. The number of amides is 1. The molecule has 0 saturated heterocycles. The van der Waals surface area contributed by atoms with Crippen molar-refractivity contribution < 1.29 is 9.63 Å². The van der Waals surface area contributed by atoms with Crippen molar-refractivity contribution in [2.75, 3.05) is 24.3 Å². The van der Waals surface area contributed by atoms with Crippen LogP contribution in [0.2, 0.25) is 5.02 Å². The van der Waals surface area contributed by atoms with Crippen molar-refractivity contribution in [2.45, 2.75) is 12.5 Å². The van der Waals surface area contributed by atoms with Crippen LogP contribution in [0.4, 0.5) is 11.4 Å². The van der Waals surface area contributed by atoms with Crippen LogP contribution in [0.3, 0.4) is 0 Å². The van der Waals surface area contributed by atoms with E-state index < -0.39 is 6.10 Å². The molecule has 2 aromatic rings. The number of nitrogens with zero attached hydrogens (tertiary/aromatic N) is 2. The molecule has 0 spiro atoms. The van der Waals surface area contributed by atoms with Crippen LogP contribution in [0.1, 0.15) is 12.0 Å². The van der Waals surface area contributed by atoms with Gasteiger partial charge in [-0.25, -0.2) is 0 Å². The topological polar surface area (TPSA) is 53.9 Å². The molecule has 0 saturated carbocycles. The minimum Gasteiger partial charge on any atom is -0.382 e. The lowest BCUT2D eigenvalue weighted by Gasteiger charge is -2.19. The number of halogens is 1. The van der Waals surface area contributed by atoms with Crippen molar-refractivity contribution in [3.63, 3.8) is 0 Å². The molecule has 0 aromatic heterocycles. The largest absolute Gasteiger partial charge is 0.382 e. The first-order chi connectivity index (χ1) is 11.5. The van der Waals surface area contributed by atoms with Crippen molar-refractivity contribution >= 4 is 34.6 Å². The van der Waals surface area contributed by atoms with Crippen LogP contribution in [0.25, 0.3) is 0 Å². The Bertz CT molecular complexity index is 775. The highest BCUT2D eigenvalue weighted by atomic mass is 35.5. The number of carbonyl (C=O) groups is 1. The Kier molecular flexibility index (Phi) is 4.71. The second-order valence-corrected chi connectivity index (χ2v) is 6.18. The number of benzene rings is 2. The average Bonchev–Trinajstić information content (AvgIpc) is 3.05. The first kappa shape index (κ1) is 16.3. The first-order valence-electron chi connectivity index (χ1n) is 7.60. The van der Waals surface area contributed by atoms with E-state index in [0.29, 0.717) is 17.1 Å². The van der Waals surface area contributed by atoms with E-state index in [1.165, 1.54) is 0 Å². The predicted molar refractivity (Wildman–Crippen MR) is 96.9 cm³/mol. The van der Waals surface area contributed by atoms with Crippen LogP contribution in [-0.4, -0.2) is 31.8 Å². The first-order valence-corrected chi connectivity index (χ1v) is 7.98. The van der Waals surface area contributed by atoms with Crippen LogP contribution in [0.15, 0.2) is 53.7 Å². The van der Waals surface area contributed by atoms with Gasteiger partial charge in [0.15, 0.2) is 0 Å². The maximum Gasteiger partial charge on any atom is 0.268 e. The monoisotopic (exact) mass is 343 g/mol. The zero-order valence-electron chi connectivity index (χ0n) is 13.5. The molecular weight excluding hydrogens is 326 g/mol. The van der Waals surface area contributed by atoms with Gasteiger partial charge < -0.3 is 15.1 Å². The van der Waals surface area contributed by atoms with Gasteiger partial charge in [0.05, 0.1) is 17.1 Å². The molecule has 1 N–H and O–H groups in total. The van der Waals surface area contributed by atoms with Crippen LogP contribution in [0, 0.1) is 0 Å². The van der Waals surface area contributed by atoms with Crippen LogP contribution < -0.4 is 10.2 Å². The smallest absolute Gasteiger partial charge is 0.268 e. The van der Waals surface area contributed by atoms with Crippen molar-refractivity contribution in [1.82, 2.24) is 0 Å². The summed E-state index contributed by atoms with van der Waals surface area (Å²) < 4.78 is 0. The molecule has 1 amide bonds. The Morgan fingerprint density at radius 2 is 2.00 bits per heavy atom. The SMILES string of the molecule is CN(C)c1ccc(Cl)cc1NC(=O)C1CC(c2ccccc2)=NO1. The second-order valence-electron chi connectivity index (χ2n) is 5.75. The quantitative estimate of drug-likeness (QED) is 0.923. The summed E-state index contributed by atoms with van der Waals surface area (Å²) in [6.45, 7) is 0. The summed E-state index contributed by atoms with van der Waals surface area (Å²) in [5.41, 5.74) is 3.25. The zero-order valence-corrected chi connectivity index (χ0v) is 14.2. The number of hydrogen-bond donors (Lipinski definition) is 1. The molecule has 1 unspecified atom stereocenters. The summed E-state index contributed by atoms with van der Waals surface area (Å²) >= 11 is 6.04. The molecule has 0 bridgehead atoms. The standard InChI is InChI=1S/C18H18ClN3O2/c1-22(2)16-9-8-13(19)10-15(16)20-18(23)17-11-14(21-24-17)12-6-4-3-5-7-12/h3-10,17H,11H2,1-2H3,(H,20,23). The van der Waals surface area contributed by atoms with E-state index in [2.05, 4.69) is 10.5 Å². The van der Waals surface area contributed by atoms with Crippen LogP contribution in [0.5, 0.6) is 0 Å². The van der Waals surface area contributed by atoms with Gasteiger partial charge in [-0.3, -0.25) is 4.79 Å². The molecule has 24 heavy (non-hydrogen) atoms. The number of oxime groups is 1. The summed E-state index contributed by atoms with van der Waals surface area (Å²) in [4.78, 5) is 19.7. The summed E-state index contributed by atoms with van der Waals surface area (Å²) in [5, 5.41) is 7.49. The maximum absolute atomic E-state index is 12.5. The van der Waals surface area contributed by atoms with Gasteiger partial charge in [-0.1, -0.05) is 47.1 Å². The fourth-order valence-electron chi connectivity index (χ4n) is 2.53. The molecule has 1 heterocycles. The third-order valence-electron chi connectivity index (χ3n) is 3.77. The van der Waals surface area contributed by atoms with Gasteiger partial charge in [0.25, 0.3) is 5.91 Å². The second kappa shape index (κ2) is 6.93. The molecule has 0 radical (unpaired) electrons. The highest BCUT2D eigenvalue weighted by Crippen LogP contribution is 2.28. The molecule has 5 nitrogen and oxygen atoms in total. The Balaban J connectivity index is 1.70. The molecule has 3 rings (SSSR count). The molecule has 0 fully saturated rings. The summed E-state index contributed by atoms with van der Waals surface area (Å²) in [7, 11) is 3.81. The van der Waals surface area contributed by atoms with Crippen LogP contribution in [-0.2, 0) is 9.63 Å². The lowest BCUT2D eigenvalue weighted by atomic mass is 10.0. The highest BCUT2D eigenvalue weighted by Gasteiger charge is 2.29. The lowest BCUT2D eigenvalue weighted by Crippen LogP contribution is -2.28. The fraction of sp³-hybridized carbons (Fsp3) is 0.222. The molecule has 124 valence electrons. The molecular formula is C18H18ClN3O2. The third kappa shape index (κ3) is 3.51. The normalized spacial score (nSPS) is 16.3. The maximum atomic E-state index is 12.5. The van der Waals surface area contributed by atoms with Crippen molar-refractivity contribution in [1.29, 1.82) is 0 Å². The Morgan fingerprint density at radius 3 is 2.71 bits per heavy atom. The molecule has 2 aromatic carbocycles. The Morgan fingerprint density at radius 1 is 1.25 bits per heavy atom. The van der Waals surface area contributed by atoms with E-state index in [9.17, 15) is 4.79 Å². The van der Waals surface area contributed by atoms with Gasteiger partial charge >= 0.3 is 0 Å². The highest BCUT2D eigenvalue weighted by molar-refractivity contribution is 6.31. The fourth-order valence-corrected chi connectivity index (χ4v) is 2.70. The zero-order chi connectivity index (χ0) is 17.1. The number of rotatable bonds is 4. The van der Waals surface area contributed by atoms with Gasteiger partial charge in [-0.15, -0.1) is 0 Å². The van der Waals surface area contributed by atoms with Crippen molar-refractivity contribution in [2.24, 2.45) is 5.16 Å². The number of hydrogen-bond acceptors (Lipinski definition) is 4. The predicted octanol–water partition coefficient (Wildman–Crippen LogP) is 3.54. The lowest BCUT2D eigenvalue weighted by molar-refractivity contribution is -0.125. The van der Waals surface area contributed by atoms with E-state index in [4.69, 9.17) is 16.4 Å². The van der Waals surface area contributed by atoms with Crippen LogP contribution >= 0.6 is 11.6 Å². The van der Waals surface area contributed by atoms with E-state index in [0.717, 1.165) is 17.0 Å². The van der Waals surface area contributed by atoms with Gasteiger partial charge in [-0.2, -0.15) is 0 Å². The molecule has 6 heteroatoms. The number of carbonyl (C=O) groups excluding carboxylic acids is 1. The van der Waals surface area contributed by atoms with E-state index in [-0.39, 0.29) is 5.91 Å². The van der Waals surface area contributed by atoms with E-state index in [1.807, 2.05) is 55.4 Å². The van der Waals surface area contributed by atoms with Gasteiger partial charge in [0.2, 0.25) is 6.10 Å². The van der Waals surface area contributed by atoms with Crippen molar-refractivity contribution in [3.8, 4) is 0 Å². The minimum atomic E-state index is -0.644.